The van der Waals surface area contributed by atoms with Gasteiger partial charge < -0.3 is 60.2 Å². The molecule has 3 amide bonds. The number of aliphatic carboxylic acids is 2. The Morgan fingerprint density at radius 3 is 2.30 bits per heavy atom. The van der Waals surface area contributed by atoms with Crippen molar-refractivity contribution in [2.24, 2.45) is 56.7 Å². The first-order valence-electron chi connectivity index (χ1n) is 32.1. The molecule has 5 aliphatic carbocycles. The molecule has 0 radical (unpaired) electrons. The molecular formula is C66H98N6O14S2. The zero-order chi connectivity index (χ0) is 63.8. The molecule has 2 aromatic rings. The smallest absolute Gasteiger partial charge is 0.415 e. The molecule has 20 nitrogen and oxygen atoms in total. The average molecular weight is 1260 g/mol. The van der Waals surface area contributed by atoms with E-state index in [0.29, 0.717) is 125 Å². The zero-order valence-electron chi connectivity index (χ0n) is 53.3. The molecular weight excluding hydrogens is 1160 g/mol. The van der Waals surface area contributed by atoms with E-state index in [4.69, 9.17) is 14.2 Å². The van der Waals surface area contributed by atoms with Crippen molar-refractivity contribution >= 4 is 74.0 Å². The number of amides is 3. The van der Waals surface area contributed by atoms with E-state index in [1.165, 1.54) is 23.1 Å². The predicted molar refractivity (Wildman–Crippen MR) is 339 cm³/mol. The van der Waals surface area contributed by atoms with Crippen molar-refractivity contribution in [2.45, 2.75) is 182 Å². The summed E-state index contributed by atoms with van der Waals surface area (Å²) in [4.78, 5) is 89.5. The normalized spacial score (nSPS) is 28.7. The van der Waals surface area contributed by atoms with Crippen molar-refractivity contribution in [3.05, 3.63) is 45.5 Å². The number of nitrogens with zero attached hydrogens (tertiary/aromatic N) is 4. The molecule has 0 bridgehead atoms. The van der Waals surface area contributed by atoms with Gasteiger partial charge in [0.2, 0.25) is 11.8 Å². The summed E-state index contributed by atoms with van der Waals surface area (Å²) in [6, 6.07) is 3.29. The lowest BCUT2D eigenvalue weighted by atomic mass is 9.43. The van der Waals surface area contributed by atoms with E-state index in [0.717, 1.165) is 56.1 Å². The number of unbranched alkanes of at least 4 members (excludes halogenated alkanes) is 1. The van der Waals surface area contributed by atoms with Gasteiger partial charge in [0.05, 0.1) is 55.0 Å². The second-order valence-corrected chi connectivity index (χ2v) is 29.4. The Balaban J connectivity index is 0.721. The third kappa shape index (κ3) is 16.3. The van der Waals surface area contributed by atoms with Crippen LogP contribution >= 0.6 is 23.1 Å². The number of rotatable bonds is 30. The standard InChI is InChI=1S/C66H98N6O14S2/c1-38(45-15-16-46-55-47(20-23-66(45,46)8)65(7)22-19-43(73)34-42(65)35-51(55)74)13-18-54(76)68-49(61(79)80)12-10-11-25-67-53(75)21-30-84-32-33-85-31-29-72(28-27-71(9)26-24-64(5,6)56-41(4)57(77)39(2)40(3)58(56)78)63(83)86-44-14-17-48-52(36-44)88-60(69-48)59-70-50(37-87-59)62(81)82/h14,17,36,38,42-43,45-47,49-51,55,57,73-74,77H,10-13,15-16,18-35,37H2,1-9H3,(H,67,75)(H,68,76)(H,79,80)(H,81,82). The highest BCUT2D eigenvalue weighted by molar-refractivity contribution is 8.15. The van der Waals surface area contributed by atoms with Crippen LogP contribution < -0.4 is 15.4 Å². The van der Waals surface area contributed by atoms with E-state index in [-0.39, 0.29) is 105 Å². The Labute approximate surface area is 527 Å². The van der Waals surface area contributed by atoms with Crippen LogP contribution in [0.15, 0.2) is 45.5 Å². The van der Waals surface area contributed by atoms with E-state index < -0.39 is 41.6 Å². The summed E-state index contributed by atoms with van der Waals surface area (Å²) >= 11 is 2.68. The number of aliphatic imine (C=N–C) groups is 1. The fourth-order valence-electron chi connectivity index (χ4n) is 15.9. The van der Waals surface area contributed by atoms with Crippen LogP contribution in [0, 0.1) is 51.8 Å². The van der Waals surface area contributed by atoms with E-state index in [1.807, 2.05) is 27.8 Å². The van der Waals surface area contributed by atoms with Gasteiger partial charge in [-0.05, 0) is 198 Å². The van der Waals surface area contributed by atoms with Crippen molar-refractivity contribution in [1.29, 1.82) is 0 Å². The largest absolute Gasteiger partial charge is 0.480 e. The van der Waals surface area contributed by atoms with Crippen LogP contribution in [0.4, 0.5) is 4.79 Å². The number of allylic oxidation sites excluding steroid dienone is 2. The van der Waals surface area contributed by atoms with Crippen LogP contribution in [0.2, 0.25) is 0 Å². The number of Topliss-reactive ketones (excluding diaryl/α,β-unsaturated/α-hetero) is 1. The van der Waals surface area contributed by atoms with Crippen LogP contribution in [-0.2, 0) is 33.4 Å². The molecule has 13 atom stereocenters. The van der Waals surface area contributed by atoms with Gasteiger partial charge in [-0.15, -0.1) is 23.1 Å². The van der Waals surface area contributed by atoms with Crippen LogP contribution in [-0.4, -0.2) is 183 Å². The minimum Gasteiger partial charge on any atom is -0.480 e. The molecule has 88 heavy (non-hydrogen) atoms. The number of benzene rings is 1. The van der Waals surface area contributed by atoms with Gasteiger partial charge in [-0.25, -0.2) is 19.4 Å². The maximum absolute atomic E-state index is 13.9. The Morgan fingerprint density at radius 1 is 0.841 bits per heavy atom. The van der Waals surface area contributed by atoms with E-state index in [2.05, 4.69) is 46.3 Å². The second-order valence-electron chi connectivity index (χ2n) is 27.4. The van der Waals surface area contributed by atoms with Crippen LogP contribution in [0.3, 0.4) is 0 Å². The number of aliphatic hydroxyl groups is 3. The number of ether oxygens (including phenoxy) is 3. The van der Waals surface area contributed by atoms with Gasteiger partial charge in [-0.3, -0.25) is 19.4 Å². The molecule has 4 saturated carbocycles. The molecule has 1 aliphatic heterocycles. The highest BCUT2D eigenvalue weighted by Gasteiger charge is 2.63. The molecule has 22 heteroatoms. The van der Waals surface area contributed by atoms with Crippen LogP contribution in [0.25, 0.3) is 10.2 Å². The lowest BCUT2D eigenvalue weighted by molar-refractivity contribution is -0.174. The Morgan fingerprint density at radius 2 is 1.57 bits per heavy atom. The number of aliphatic hydroxyl groups excluding tert-OH is 3. The minimum absolute atomic E-state index is 0.0416. The van der Waals surface area contributed by atoms with Gasteiger partial charge >= 0.3 is 18.0 Å². The van der Waals surface area contributed by atoms with Gasteiger partial charge in [0.15, 0.2) is 11.8 Å². The van der Waals surface area contributed by atoms with Gasteiger partial charge in [-0.1, -0.05) is 34.6 Å². The lowest BCUT2D eigenvalue weighted by Gasteiger charge is -2.62. The van der Waals surface area contributed by atoms with E-state index >= 15 is 0 Å². The van der Waals surface area contributed by atoms with E-state index in [1.54, 1.807) is 36.9 Å². The number of hydrogen-bond acceptors (Lipinski definition) is 17. The average Bonchev–Trinajstić information content (AvgIpc) is 0.936. The number of fused-ring (bicyclic) bond motifs is 6. The maximum atomic E-state index is 13.9. The summed E-state index contributed by atoms with van der Waals surface area (Å²) in [7, 11) is 1.95. The van der Waals surface area contributed by atoms with Crippen molar-refractivity contribution in [3.8, 4) is 5.75 Å². The fourth-order valence-corrected chi connectivity index (χ4v) is 18.0. The summed E-state index contributed by atoms with van der Waals surface area (Å²) in [5.74, 6) is 0.341. The summed E-state index contributed by atoms with van der Waals surface area (Å²) in [6.45, 7) is 19.1. The number of aromatic nitrogens is 1. The lowest BCUT2D eigenvalue weighted by Crippen LogP contribution is -2.58. The zero-order valence-corrected chi connectivity index (χ0v) is 54.9. The van der Waals surface area contributed by atoms with Crippen molar-refractivity contribution in [2.75, 3.05) is 72.0 Å². The number of carbonyl (C=O) groups excluding carboxylic acids is 4. The summed E-state index contributed by atoms with van der Waals surface area (Å²) < 4.78 is 18.2. The molecule has 0 saturated heterocycles. The maximum Gasteiger partial charge on any atom is 0.415 e. The molecule has 0 spiro atoms. The van der Waals surface area contributed by atoms with Gasteiger partial charge in [0, 0.05) is 56.4 Å². The summed E-state index contributed by atoms with van der Waals surface area (Å²) in [5, 5.41) is 59.2. The fraction of sp³-hybridized carbons (Fsp3) is 0.727. The van der Waals surface area contributed by atoms with Crippen molar-refractivity contribution < 1.29 is 68.5 Å². The number of carboxylic acid groups (broad SMARTS) is 2. The number of thiazole rings is 1. The third-order valence-corrected chi connectivity index (χ3v) is 23.5. The molecule has 1 aromatic carbocycles. The first-order valence-corrected chi connectivity index (χ1v) is 33.9. The molecule has 7 N–H and O–H groups in total. The number of carboxylic acids is 2. The first kappa shape index (κ1) is 69.1. The highest BCUT2D eigenvalue weighted by atomic mass is 32.2. The highest BCUT2D eigenvalue weighted by Crippen LogP contribution is 2.68. The van der Waals surface area contributed by atoms with E-state index in [9.17, 15) is 54.3 Å². The molecule has 6 aliphatic rings. The summed E-state index contributed by atoms with van der Waals surface area (Å²) in [6.07, 6.45) is 8.80. The minimum atomic E-state index is -1.08. The third-order valence-electron chi connectivity index (χ3n) is 21.3. The topological polar surface area (TPSA) is 287 Å². The van der Waals surface area contributed by atoms with Gasteiger partial charge in [-0.2, -0.15) is 0 Å². The quantitative estimate of drug-likeness (QED) is 0.0360. The molecule has 4 fully saturated rings. The number of hydrogen-bond donors (Lipinski definition) is 7. The molecule has 1 aromatic heterocycles. The number of likely N-dealkylation sites (N-methyl/N-ethyl adjacent to an activating group) is 1. The Hall–Kier alpha value is -4.81. The van der Waals surface area contributed by atoms with Crippen molar-refractivity contribution in [1.82, 2.24) is 25.4 Å². The van der Waals surface area contributed by atoms with Crippen LogP contribution in [0.5, 0.6) is 5.75 Å². The number of nitrogens with one attached hydrogen (secondary N) is 2. The first-order chi connectivity index (χ1) is 41.7. The number of ketones is 1. The van der Waals surface area contributed by atoms with Gasteiger partial charge in [0.1, 0.15) is 21.8 Å². The Bertz CT molecular complexity index is 2950. The van der Waals surface area contributed by atoms with Crippen LogP contribution in [0.1, 0.15) is 157 Å². The molecule has 13 unspecified atom stereocenters. The molecule has 488 valence electrons. The van der Waals surface area contributed by atoms with Crippen molar-refractivity contribution in [3.63, 3.8) is 0 Å². The predicted octanol–water partition coefficient (Wildman–Crippen LogP) is 8.67. The number of carbonyl (C=O) groups is 6. The Kier molecular flexibility index (Phi) is 23.6. The molecule has 8 rings (SSSR count). The van der Waals surface area contributed by atoms with Gasteiger partial charge in [0.25, 0.3) is 0 Å². The number of thioether (sulfide) groups is 1. The monoisotopic (exact) mass is 1260 g/mol. The SMILES string of the molecule is CC1=C(C)C(O)C(C)=C(C(C)(C)CCN(C)CCN(CCOCCOCCC(=O)NCCCCC(NC(=O)CCC(C)C2CCC3C4C(O)CC5CC(O)CCC5(C)C4CCC23C)C(=O)O)C(=O)Oc2ccc3nc(C4=NC(C(=O)O)CS4)sc3c2)C1=O. The summed E-state index contributed by atoms with van der Waals surface area (Å²) in [5.41, 5.74) is 2.95. The molecule has 2 heterocycles. The second kappa shape index (κ2) is 30.1.